The van der Waals surface area contributed by atoms with Crippen LogP contribution in [0.1, 0.15) is 52.0 Å². The summed E-state index contributed by atoms with van der Waals surface area (Å²) in [5.74, 6) is -0.389. The largest absolute Gasteiger partial charge is 0.433 e. The van der Waals surface area contributed by atoms with Gasteiger partial charge in [-0.1, -0.05) is 0 Å². The van der Waals surface area contributed by atoms with E-state index >= 15 is 0 Å². The highest BCUT2D eigenvalue weighted by Gasteiger charge is 2.33. The molecule has 8 nitrogen and oxygen atoms in total. The molecule has 1 aliphatic rings. The molecule has 1 aliphatic carbocycles. The van der Waals surface area contributed by atoms with Crippen LogP contribution in [0.15, 0.2) is 30.6 Å². The van der Waals surface area contributed by atoms with Gasteiger partial charge in [0.2, 0.25) is 0 Å². The van der Waals surface area contributed by atoms with Crippen LogP contribution in [-0.4, -0.2) is 30.5 Å². The van der Waals surface area contributed by atoms with Crippen molar-refractivity contribution in [3.8, 4) is 11.8 Å². The number of amides is 1. The maximum atomic E-state index is 13.0. The predicted octanol–water partition coefficient (Wildman–Crippen LogP) is 2.70. The van der Waals surface area contributed by atoms with Crippen molar-refractivity contribution in [2.45, 2.75) is 31.5 Å². The summed E-state index contributed by atoms with van der Waals surface area (Å²) >= 11 is 0. The monoisotopic (exact) mass is 415 g/mol. The van der Waals surface area contributed by atoms with Gasteiger partial charge in [0.1, 0.15) is 17.5 Å². The lowest BCUT2D eigenvalue weighted by Crippen LogP contribution is -2.31. The first kappa shape index (κ1) is 19.6. The minimum atomic E-state index is -4.55. The van der Waals surface area contributed by atoms with Gasteiger partial charge < -0.3 is 5.32 Å². The van der Waals surface area contributed by atoms with Gasteiger partial charge in [0.25, 0.3) is 5.91 Å². The Kier molecular flexibility index (Phi) is 4.77. The molecule has 0 saturated heterocycles. The summed E-state index contributed by atoms with van der Waals surface area (Å²) in [4.78, 5) is 16.0. The summed E-state index contributed by atoms with van der Waals surface area (Å²) in [5, 5.41) is 20.2. The molecule has 0 radical (unpaired) electrons. The van der Waals surface area contributed by atoms with E-state index in [1.165, 1.54) is 21.5 Å². The summed E-state index contributed by atoms with van der Waals surface area (Å²) in [7, 11) is 1.57. The van der Waals surface area contributed by atoms with Gasteiger partial charge in [-0.2, -0.15) is 28.6 Å². The second kappa shape index (κ2) is 7.29. The van der Waals surface area contributed by atoms with E-state index in [4.69, 9.17) is 5.26 Å². The Morgan fingerprint density at radius 3 is 2.83 bits per heavy atom. The van der Waals surface area contributed by atoms with Crippen LogP contribution in [0.3, 0.4) is 0 Å². The Balaban J connectivity index is 1.61. The standard InChI is InChI=1S/C19H16F3N7O/c1-28-16(7-11(9-23)26-28)18(30)25-14-3-2-4-15-13(14)10-29(27-15)12-5-6-24-17(8-12)19(20,21)22/h5-8,10,14H,2-4H2,1H3,(H,25,30). The second-order valence-corrected chi connectivity index (χ2v) is 6.94. The van der Waals surface area contributed by atoms with Crippen LogP contribution >= 0.6 is 0 Å². The molecule has 30 heavy (non-hydrogen) atoms. The lowest BCUT2D eigenvalue weighted by Gasteiger charge is -2.22. The minimum Gasteiger partial charge on any atom is -0.344 e. The number of rotatable bonds is 3. The number of carbonyl (C=O) groups is 1. The summed E-state index contributed by atoms with van der Waals surface area (Å²) < 4.78 is 41.6. The lowest BCUT2D eigenvalue weighted by molar-refractivity contribution is -0.141. The van der Waals surface area contributed by atoms with Crippen molar-refractivity contribution in [3.63, 3.8) is 0 Å². The molecule has 1 unspecified atom stereocenters. The van der Waals surface area contributed by atoms with Gasteiger partial charge in [0, 0.05) is 31.1 Å². The highest BCUT2D eigenvalue weighted by Crippen LogP contribution is 2.32. The maximum absolute atomic E-state index is 13.0. The zero-order valence-corrected chi connectivity index (χ0v) is 15.8. The molecular formula is C19H16F3N7O. The maximum Gasteiger partial charge on any atom is 0.433 e. The SMILES string of the molecule is Cn1nc(C#N)cc1C(=O)NC1CCCc2nn(-c3ccnc(C(F)(F)F)c3)cc21. The molecule has 4 rings (SSSR count). The fraction of sp³-hybridized carbons (Fsp3) is 0.316. The van der Waals surface area contributed by atoms with Gasteiger partial charge in [-0.3, -0.25) is 14.5 Å². The van der Waals surface area contributed by atoms with E-state index in [9.17, 15) is 18.0 Å². The molecule has 1 N–H and O–H groups in total. The number of aryl methyl sites for hydroxylation is 2. The van der Waals surface area contributed by atoms with Crippen molar-refractivity contribution >= 4 is 5.91 Å². The highest BCUT2D eigenvalue weighted by molar-refractivity contribution is 5.93. The van der Waals surface area contributed by atoms with Crippen LogP contribution in [0.4, 0.5) is 13.2 Å². The molecule has 3 heterocycles. The average Bonchev–Trinajstić information content (AvgIpc) is 3.31. The molecule has 0 saturated carbocycles. The van der Waals surface area contributed by atoms with Crippen molar-refractivity contribution in [2.75, 3.05) is 0 Å². The Morgan fingerprint density at radius 2 is 2.13 bits per heavy atom. The van der Waals surface area contributed by atoms with Crippen LogP contribution in [0, 0.1) is 11.3 Å². The van der Waals surface area contributed by atoms with E-state index < -0.39 is 11.9 Å². The lowest BCUT2D eigenvalue weighted by atomic mass is 9.93. The summed E-state index contributed by atoms with van der Waals surface area (Å²) in [5.41, 5.74) is 1.10. The summed E-state index contributed by atoms with van der Waals surface area (Å²) in [6.45, 7) is 0. The third-order valence-electron chi connectivity index (χ3n) is 4.94. The molecule has 0 aliphatic heterocycles. The van der Waals surface area contributed by atoms with E-state index in [-0.39, 0.29) is 29.0 Å². The van der Waals surface area contributed by atoms with Gasteiger partial charge in [-0.05, 0) is 31.4 Å². The molecule has 0 spiro atoms. The molecular weight excluding hydrogens is 399 g/mol. The van der Waals surface area contributed by atoms with Crippen LogP contribution in [0.5, 0.6) is 0 Å². The van der Waals surface area contributed by atoms with Crippen LogP contribution in [-0.2, 0) is 19.6 Å². The third kappa shape index (κ3) is 3.63. The molecule has 1 amide bonds. The van der Waals surface area contributed by atoms with E-state index in [0.29, 0.717) is 12.8 Å². The number of carbonyl (C=O) groups excluding carboxylic acids is 1. The first-order valence-corrected chi connectivity index (χ1v) is 9.13. The normalized spacial score (nSPS) is 16.0. The summed E-state index contributed by atoms with van der Waals surface area (Å²) in [6.07, 6.45) is 0.276. The molecule has 0 aromatic carbocycles. The van der Waals surface area contributed by atoms with Crippen molar-refractivity contribution < 1.29 is 18.0 Å². The number of hydrogen-bond acceptors (Lipinski definition) is 5. The van der Waals surface area contributed by atoms with Gasteiger partial charge in [-0.25, -0.2) is 4.68 Å². The number of halogens is 3. The zero-order chi connectivity index (χ0) is 21.5. The molecule has 3 aromatic heterocycles. The second-order valence-electron chi connectivity index (χ2n) is 6.94. The molecule has 0 fully saturated rings. The fourth-order valence-electron chi connectivity index (χ4n) is 3.50. The number of aromatic nitrogens is 5. The Morgan fingerprint density at radius 1 is 1.33 bits per heavy atom. The third-order valence-corrected chi connectivity index (χ3v) is 4.94. The Bertz CT molecular complexity index is 1160. The predicted molar refractivity (Wildman–Crippen MR) is 97.4 cm³/mol. The fourth-order valence-corrected chi connectivity index (χ4v) is 3.50. The van der Waals surface area contributed by atoms with Crippen molar-refractivity contribution in [3.05, 3.63) is 58.9 Å². The average molecular weight is 415 g/mol. The Hall–Kier alpha value is -3.68. The molecule has 1 atom stereocenters. The number of nitrogens with zero attached hydrogens (tertiary/aromatic N) is 6. The number of fused-ring (bicyclic) bond motifs is 1. The van der Waals surface area contributed by atoms with Gasteiger partial charge in [0.05, 0.1) is 17.4 Å². The van der Waals surface area contributed by atoms with E-state index in [1.54, 1.807) is 13.2 Å². The number of pyridine rings is 1. The van der Waals surface area contributed by atoms with Crippen molar-refractivity contribution in [2.24, 2.45) is 7.05 Å². The molecule has 154 valence electrons. The molecule has 3 aromatic rings. The molecule has 0 bridgehead atoms. The Labute approximate surface area is 168 Å². The topological polar surface area (TPSA) is 101 Å². The number of alkyl halides is 3. The van der Waals surface area contributed by atoms with Gasteiger partial charge in [-0.15, -0.1) is 0 Å². The van der Waals surface area contributed by atoms with Crippen LogP contribution < -0.4 is 5.32 Å². The minimum absolute atomic E-state index is 0.137. The quantitative estimate of drug-likeness (QED) is 0.709. The van der Waals surface area contributed by atoms with E-state index in [1.807, 2.05) is 6.07 Å². The van der Waals surface area contributed by atoms with Crippen molar-refractivity contribution in [1.29, 1.82) is 5.26 Å². The molecule has 11 heteroatoms. The number of nitriles is 1. The van der Waals surface area contributed by atoms with E-state index in [0.717, 1.165) is 29.9 Å². The van der Waals surface area contributed by atoms with Crippen LogP contribution in [0.2, 0.25) is 0 Å². The first-order valence-electron chi connectivity index (χ1n) is 9.13. The zero-order valence-electron chi connectivity index (χ0n) is 15.8. The van der Waals surface area contributed by atoms with Crippen molar-refractivity contribution in [1.82, 2.24) is 29.9 Å². The van der Waals surface area contributed by atoms with Gasteiger partial charge >= 0.3 is 6.18 Å². The van der Waals surface area contributed by atoms with E-state index in [2.05, 4.69) is 20.5 Å². The smallest absolute Gasteiger partial charge is 0.344 e. The number of nitrogens with one attached hydrogen (secondary N) is 1. The van der Waals surface area contributed by atoms with Gasteiger partial charge in [0.15, 0.2) is 5.69 Å². The first-order chi connectivity index (χ1) is 14.3. The highest BCUT2D eigenvalue weighted by atomic mass is 19.4. The van der Waals surface area contributed by atoms with Crippen LogP contribution in [0.25, 0.3) is 5.69 Å². The number of hydrogen-bond donors (Lipinski definition) is 1. The summed E-state index contributed by atoms with van der Waals surface area (Å²) in [6, 6.07) is 5.32.